The zero-order valence-electron chi connectivity index (χ0n) is 17.5. The maximum absolute atomic E-state index is 12.7. The number of allylic oxidation sites excluding steroid dienone is 1. The predicted octanol–water partition coefficient (Wildman–Crippen LogP) is 5.23. The van der Waals surface area contributed by atoms with Crippen LogP contribution >= 0.6 is 0 Å². The molecule has 0 amide bonds. The third-order valence-corrected chi connectivity index (χ3v) is 7.34. The van der Waals surface area contributed by atoms with Crippen LogP contribution in [-0.2, 0) is 19.1 Å². The minimum atomic E-state index is -0.479. The predicted molar refractivity (Wildman–Crippen MR) is 105 cm³/mol. The Labute approximate surface area is 167 Å². The van der Waals surface area contributed by atoms with E-state index in [0.29, 0.717) is 6.42 Å². The first-order valence-electron chi connectivity index (χ1n) is 10.2. The first-order chi connectivity index (χ1) is 13.2. The fraction of sp³-hybridized carbons (Fsp3) is 0.652. The van der Waals surface area contributed by atoms with Crippen molar-refractivity contribution in [3.8, 4) is 0 Å². The van der Waals surface area contributed by atoms with Crippen LogP contribution in [0.1, 0.15) is 71.0 Å². The number of rotatable bonds is 5. The van der Waals surface area contributed by atoms with Gasteiger partial charge in [-0.25, -0.2) is 0 Å². The molecular formula is C23H32O5. The lowest BCUT2D eigenvalue weighted by molar-refractivity contribution is -0.169. The zero-order chi connectivity index (χ0) is 20.5. The molecule has 5 atom stereocenters. The van der Waals surface area contributed by atoms with E-state index in [1.807, 2.05) is 6.07 Å². The van der Waals surface area contributed by atoms with Crippen molar-refractivity contribution in [1.29, 1.82) is 0 Å². The number of hydrogen-bond acceptors (Lipinski definition) is 5. The highest BCUT2D eigenvalue weighted by Gasteiger charge is 2.58. The van der Waals surface area contributed by atoms with E-state index in [9.17, 15) is 9.59 Å². The standard InChI is InChI=1S/C23H32O5/c1-15-7-8-20-22(3,10-6-11-23(20,4)21(25)26-5)18(15)13-19(28-16(2)24)17-9-12-27-14-17/h9,12,14,18-20H,1,6-8,10-11,13H2,2-5H3. The van der Waals surface area contributed by atoms with Crippen LogP contribution in [0.15, 0.2) is 35.2 Å². The van der Waals surface area contributed by atoms with Gasteiger partial charge < -0.3 is 13.9 Å². The second-order valence-electron chi connectivity index (χ2n) is 8.96. The molecular weight excluding hydrogens is 356 g/mol. The Bertz CT molecular complexity index is 736. The topological polar surface area (TPSA) is 65.7 Å². The summed E-state index contributed by atoms with van der Waals surface area (Å²) >= 11 is 0. The molecule has 154 valence electrons. The van der Waals surface area contributed by atoms with Crippen molar-refractivity contribution in [1.82, 2.24) is 0 Å². The summed E-state index contributed by atoms with van der Waals surface area (Å²) in [6.45, 7) is 10.2. The van der Waals surface area contributed by atoms with Crippen molar-refractivity contribution in [3.05, 3.63) is 36.3 Å². The number of hydrogen-bond donors (Lipinski definition) is 0. The number of furan rings is 1. The summed E-state index contributed by atoms with van der Waals surface area (Å²) in [4.78, 5) is 24.4. The normalized spacial score (nSPS) is 33.6. The largest absolute Gasteiger partial charge is 0.472 e. The van der Waals surface area contributed by atoms with Gasteiger partial charge in [0.1, 0.15) is 6.10 Å². The Balaban J connectivity index is 1.94. The van der Waals surface area contributed by atoms with Crippen molar-refractivity contribution in [2.24, 2.45) is 22.7 Å². The van der Waals surface area contributed by atoms with Gasteiger partial charge in [0.05, 0.1) is 25.1 Å². The maximum Gasteiger partial charge on any atom is 0.311 e. The highest BCUT2D eigenvalue weighted by Crippen LogP contribution is 2.62. The molecule has 0 saturated heterocycles. The summed E-state index contributed by atoms with van der Waals surface area (Å²) in [7, 11) is 1.48. The fourth-order valence-corrected chi connectivity index (χ4v) is 5.99. The average Bonchev–Trinajstić information content (AvgIpc) is 3.17. The minimum Gasteiger partial charge on any atom is -0.472 e. The highest BCUT2D eigenvalue weighted by molar-refractivity contribution is 5.77. The van der Waals surface area contributed by atoms with Crippen LogP contribution in [0.3, 0.4) is 0 Å². The molecule has 2 fully saturated rings. The number of esters is 2. The van der Waals surface area contributed by atoms with Gasteiger partial charge >= 0.3 is 11.9 Å². The summed E-state index contributed by atoms with van der Waals surface area (Å²) in [6, 6.07) is 1.85. The van der Waals surface area contributed by atoms with E-state index in [2.05, 4.69) is 20.4 Å². The Kier molecular flexibility index (Phi) is 5.74. The van der Waals surface area contributed by atoms with E-state index in [1.54, 1.807) is 12.5 Å². The molecule has 0 N–H and O–H groups in total. The van der Waals surface area contributed by atoms with Gasteiger partial charge in [-0.2, -0.15) is 0 Å². The quantitative estimate of drug-likeness (QED) is 0.511. The smallest absolute Gasteiger partial charge is 0.311 e. The van der Waals surface area contributed by atoms with Gasteiger partial charge in [0, 0.05) is 12.5 Å². The lowest BCUT2D eigenvalue weighted by Gasteiger charge is -2.57. The van der Waals surface area contributed by atoms with Gasteiger partial charge in [0.25, 0.3) is 0 Å². The van der Waals surface area contributed by atoms with Crippen LogP contribution in [0.5, 0.6) is 0 Å². The molecule has 5 heteroatoms. The van der Waals surface area contributed by atoms with Gasteiger partial charge in [-0.3, -0.25) is 9.59 Å². The number of methoxy groups -OCH3 is 1. The number of ether oxygens (including phenoxy) is 2. The maximum atomic E-state index is 12.7. The minimum absolute atomic E-state index is 0.0847. The molecule has 28 heavy (non-hydrogen) atoms. The fourth-order valence-electron chi connectivity index (χ4n) is 5.99. The Morgan fingerprint density at radius 1 is 1.36 bits per heavy atom. The molecule has 5 nitrogen and oxygen atoms in total. The van der Waals surface area contributed by atoms with Crippen LogP contribution in [0.4, 0.5) is 0 Å². The molecule has 1 aromatic heterocycles. The molecule has 2 aliphatic rings. The highest BCUT2D eigenvalue weighted by atomic mass is 16.5. The molecule has 2 aliphatic carbocycles. The number of carbonyl (C=O) groups excluding carboxylic acids is 2. The van der Waals surface area contributed by atoms with Crippen LogP contribution in [0.25, 0.3) is 0 Å². The summed E-state index contributed by atoms with van der Waals surface area (Å²) < 4.78 is 16.1. The van der Waals surface area contributed by atoms with Gasteiger partial charge in [-0.05, 0) is 62.3 Å². The van der Waals surface area contributed by atoms with Crippen LogP contribution in [0, 0.1) is 22.7 Å². The van der Waals surface area contributed by atoms with E-state index in [1.165, 1.54) is 19.6 Å². The molecule has 1 aromatic rings. The van der Waals surface area contributed by atoms with Gasteiger partial charge in [-0.15, -0.1) is 0 Å². The van der Waals surface area contributed by atoms with Crippen molar-refractivity contribution in [2.75, 3.05) is 7.11 Å². The molecule has 0 aromatic carbocycles. The Morgan fingerprint density at radius 3 is 2.71 bits per heavy atom. The second-order valence-corrected chi connectivity index (χ2v) is 8.96. The molecule has 2 saturated carbocycles. The van der Waals surface area contributed by atoms with E-state index < -0.39 is 5.41 Å². The first kappa shape index (κ1) is 20.7. The van der Waals surface area contributed by atoms with Crippen molar-refractivity contribution < 1.29 is 23.5 Å². The third-order valence-electron chi connectivity index (χ3n) is 7.34. The van der Waals surface area contributed by atoms with Crippen molar-refractivity contribution in [3.63, 3.8) is 0 Å². The molecule has 0 radical (unpaired) electrons. The van der Waals surface area contributed by atoms with E-state index in [4.69, 9.17) is 13.9 Å². The van der Waals surface area contributed by atoms with Crippen molar-refractivity contribution in [2.45, 2.75) is 65.4 Å². The number of fused-ring (bicyclic) bond motifs is 1. The molecule has 0 bridgehead atoms. The summed E-state index contributed by atoms with van der Waals surface area (Å²) in [6.07, 6.45) is 8.21. The zero-order valence-corrected chi connectivity index (χ0v) is 17.5. The van der Waals surface area contributed by atoms with Crippen LogP contribution in [0.2, 0.25) is 0 Å². The average molecular weight is 389 g/mol. The molecule has 5 unspecified atom stereocenters. The lowest BCUT2D eigenvalue weighted by atomic mass is 9.46. The Morgan fingerprint density at radius 2 is 2.11 bits per heavy atom. The van der Waals surface area contributed by atoms with Crippen molar-refractivity contribution >= 4 is 11.9 Å². The summed E-state index contributed by atoms with van der Waals surface area (Å²) in [5.74, 6) is -0.0350. The monoisotopic (exact) mass is 388 g/mol. The summed E-state index contributed by atoms with van der Waals surface area (Å²) in [5, 5.41) is 0. The van der Waals surface area contributed by atoms with Gasteiger partial charge in [-0.1, -0.05) is 25.5 Å². The SMILES string of the molecule is C=C1CCC2C(C)(C(=O)OC)CCCC2(C)C1CC(OC(C)=O)c1ccoc1. The lowest BCUT2D eigenvalue weighted by Crippen LogP contribution is -2.53. The van der Waals surface area contributed by atoms with Crippen LogP contribution in [-0.4, -0.2) is 19.0 Å². The molecule has 3 rings (SSSR count). The first-order valence-corrected chi connectivity index (χ1v) is 10.2. The molecule has 0 spiro atoms. The third kappa shape index (κ3) is 3.51. The van der Waals surface area contributed by atoms with E-state index in [0.717, 1.165) is 37.7 Å². The van der Waals surface area contributed by atoms with Crippen LogP contribution < -0.4 is 0 Å². The Hall–Kier alpha value is -2.04. The second kappa shape index (κ2) is 7.76. The van der Waals surface area contributed by atoms with E-state index >= 15 is 0 Å². The molecule has 0 aliphatic heterocycles. The number of carbonyl (C=O) groups is 2. The van der Waals surface area contributed by atoms with E-state index in [-0.39, 0.29) is 35.3 Å². The molecule has 1 heterocycles. The summed E-state index contributed by atoms with van der Waals surface area (Å²) in [5.41, 5.74) is 1.49. The van der Waals surface area contributed by atoms with Gasteiger partial charge in [0.15, 0.2) is 0 Å². The van der Waals surface area contributed by atoms with Gasteiger partial charge in [0.2, 0.25) is 0 Å².